The second kappa shape index (κ2) is 11.3. The standard InChI is InChI=1S/C13H16N4O3.C4H6O4/c1-20-13-5-4-10(7-15-13)8-16-6-2-3-11(14)12(16)9-17(18)19;5-3(6)1-2-4(7)8/h4-5,7,9,14H,2-3,6,8H2,1H3;1-2H2,(H,5,6)(H,7,8). The first-order valence-corrected chi connectivity index (χ1v) is 8.33. The van der Waals surface area contributed by atoms with Gasteiger partial charge in [0.15, 0.2) is 0 Å². The van der Waals surface area contributed by atoms with Gasteiger partial charge in [0.05, 0.1) is 30.6 Å². The minimum atomic E-state index is -1.08. The van der Waals surface area contributed by atoms with Gasteiger partial charge in [-0.1, -0.05) is 6.07 Å². The van der Waals surface area contributed by atoms with Crippen molar-refractivity contribution in [2.45, 2.75) is 32.2 Å². The van der Waals surface area contributed by atoms with Crippen LogP contribution in [0, 0.1) is 15.5 Å². The summed E-state index contributed by atoms with van der Waals surface area (Å²) < 4.78 is 4.99. The lowest BCUT2D eigenvalue weighted by Gasteiger charge is -2.30. The van der Waals surface area contributed by atoms with Gasteiger partial charge in [0.2, 0.25) is 5.88 Å². The van der Waals surface area contributed by atoms with Gasteiger partial charge in [-0.25, -0.2) is 4.98 Å². The maximum absolute atomic E-state index is 10.7. The van der Waals surface area contributed by atoms with Crippen LogP contribution in [0.15, 0.2) is 30.2 Å². The number of piperidine rings is 1. The molecule has 11 nitrogen and oxygen atoms in total. The van der Waals surface area contributed by atoms with Crippen LogP contribution in [0.2, 0.25) is 0 Å². The largest absolute Gasteiger partial charge is 0.481 e. The van der Waals surface area contributed by atoms with Crippen LogP contribution in [-0.4, -0.2) is 56.3 Å². The molecule has 1 aliphatic rings. The van der Waals surface area contributed by atoms with E-state index in [4.69, 9.17) is 20.4 Å². The van der Waals surface area contributed by atoms with Crippen molar-refractivity contribution in [3.63, 3.8) is 0 Å². The molecule has 0 saturated carbocycles. The molecule has 0 aromatic carbocycles. The first kappa shape index (κ1) is 22.5. The van der Waals surface area contributed by atoms with Crippen molar-refractivity contribution in [2.24, 2.45) is 0 Å². The van der Waals surface area contributed by atoms with Gasteiger partial charge >= 0.3 is 11.9 Å². The Bertz CT molecular complexity index is 732. The van der Waals surface area contributed by atoms with E-state index in [9.17, 15) is 19.7 Å². The highest BCUT2D eigenvalue weighted by atomic mass is 16.6. The summed E-state index contributed by atoms with van der Waals surface area (Å²) in [6, 6.07) is 3.62. The second-order valence-electron chi connectivity index (χ2n) is 5.80. The van der Waals surface area contributed by atoms with E-state index >= 15 is 0 Å². The Hall–Kier alpha value is -3.50. The van der Waals surface area contributed by atoms with E-state index < -0.39 is 16.9 Å². The van der Waals surface area contributed by atoms with Gasteiger partial charge < -0.3 is 25.3 Å². The summed E-state index contributed by atoms with van der Waals surface area (Å²) in [7, 11) is 1.55. The third kappa shape index (κ3) is 8.25. The number of rotatable bonds is 7. The predicted molar refractivity (Wildman–Crippen MR) is 97.7 cm³/mol. The molecule has 0 amide bonds. The van der Waals surface area contributed by atoms with Crippen LogP contribution in [0.5, 0.6) is 5.88 Å². The lowest BCUT2D eigenvalue weighted by atomic mass is 10.0. The lowest BCUT2D eigenvalue weighted by Crippen LogP contribution is -2.33. The number of methoxy groups -OCH3 is 1. The van der Waals surface area contributed by atoms with Crippen LogP contribution in [-0.2, 0) is 16.1 Å². The number of nitro groups is 1. The zero-order valence-corrected chi connectivity index (χ0v) is 15.3. The molecule has 0 atom stereocenters. The molecule has 0 spiro atoms. The summed E-state index contributed by atoms with van der Waals surface area (Å²) in [6.07, 6.45) is 3.42. The Labute approximate surface area is 160 Å². The first-order chi connectivity index (χ1) is 13.2. The number of aromatic nitrogens is 1. The minimum absolute atomic E-state index is 0.296. The van der Waals surface area contributed by atoms with Gasteiger partial charge in [-0.2, -0.15) is 0 Å². The fourth-order valence-corrected chi connectivity index (χ4v) is 2.37. The summed E-state index contributed by atoms with van der Waals surface area (Å²) in [6.45, 7) is 1.20. The molecular weight excluding hydrogens is 372 g/mol. The van der Waals surface area contributed by atoms with Crippen molar-refractivity contribution < 1.29 is 29.5 Å². The number of carbonyl (C=O) groups is 2. The number of aliphatic carboxylic acids is 2. The minimum Gasteiger partial charge on any atom is -0.481 e. The number of nitrogens with zero attached hydrogens (tertiary/aromatic N) is 3. The molecule has 2 rings (SSSR count). The summed E-state index contributed by atoms with van der Waals surface area (Å²) in [5.74, 6) is -1.62. The molecule has 1 saturated heterocycles. The topological polar surface area (TPSA) is 167 Å². The zero-order valence-electron chi connectivity index (χ0n) is 15.3. The summed E-state index contributed by atoms with van der Waals surface area (Å²) in [5, 5.41) is 34.3. The van der Waals surface area contributed by atoms with E-state index in [1.165, 1.54) is 0 Å². The molecule has 0 radical (unpaired) electrons. The molecule has 152 valence electrons. The molecule has 0 aliphatic carbocycles. The van der Waals surface area contributed by atoms with E-state index in [0.29, 0.717) is 36.8 Å². The molecule has 1 aromatic heterocycles. The SMILES string of the molecule is COc1ccc(CN2CCCC(=N)C2=C[N+](=O)[O-])cn1.O=C(O)CCC(=O)O. The smallest absolute Gasteiger partial charge is 0.303 e. The average Bonchev–Trinajstić information content (AvgIpc) is 2.64. The summed E-state index contributed by atoms with van der Waals surface area (Å²) in [4.78, 5) is 35.4. The van der Waals surface area contributed by atoms with E-state index in [1.807, 2.05) is 11.0 Å². The fraction of sp³-hybridized carbons (Fsp3) is 0.412. The maximum Gasteiger partial charge on any atom is 0.303 e. The highest BCUT2D eigenvalue weighted by molar-refractivity contribution is 5.97. The van der Waals surface area contributed by atoms with Crippen molar-refractivity contribution in [1.82, 2.24) is 9.88 Å². The van der Waals surface area contributed by atoms with Crippen LogP contribution in [0.4, 0.5) is 0 Å². The molecular formula is C17H22N4O7. The molecule has 1 aromatic rings. The van der Waals surface area contributed by atoms with Gasteiger partial charge in [-0.05, 0) is 18.4 Å². The highest BCUT2D eigenvalue weighted by Gasteiger charge is 2.23. The van der Waals surface area contributed by atoms with Gasteiger partial charge in [0.25, 0.3) is 6.20 Å². The highest BCUT2D eigenvalue weighted by Crippen LogP contribution is 2.20. The second-order valence-corrected chi connectivity index (χ2v) is 5.80. The monoisotopic (exact) mass is 394 g/mol. The third-order valence-corrected chi connectivity index (χ3v) is 3.67. The van der Waals surface area contributed by atoms with Crippen molar-refractivity contribution in [3.8, 4) is 5.88 Å². The summed E-state index contributed by atoms with van der Waals surface area (Å²) >= 11 is 0. The van der Waals surface area contributed by atoms with E-state index in [-0.39, 0.29) is 12.8 Å². The Morgan fingerprint density at radius 3 is 2.46 bits per heavy atom. The van der Waals surface area contributed by atoms with E-state index in [0.717, 1.165) is 18.2 Å². The molecule has 2 heterocycles. The summed E-state index contributed by atoms with van der Waals surface area (Å²) in [5.41, 5.74) is 1.63. The van der Waals surface area contributed by atoms with Gasteiger partial charge in [-0.15, -0.1) is 0 Å². The Kier molecular flexibility index (Phi) is 9.07. The van der Waals surface area contributed by atoms with Gasteiger partial charge in [-0.3, -0.25) is 19.7 Å². The van der Waals surface area contributed by atoms with Crippen molar-refractivity contribution in [1.29, 1.82) is 5.41 Å². The maximum atomic E-state index is 10.7. The molecule has 28 heavy (non-hydrogen) atoms. The Morgan fingerprint density at radius 2 is 2.00 bits per heavy atom. The number of carboxylic acids is 2. The molecule has 0 unspecified atom stereocenters. The van der Waals surface area contributed by atoms with Crippen LogP contribution in [0.3, 0.4) is 0 Å². The zero-order chi connectivity index (χ0) is 21.1. The molecule has 0 bridgehead atoms. The van der Waals surface area contributed by atoms with Crippen LogP contribution in [0.1, 0.15) is 31.2 Å². The molecule has 3 N–H and O–H groups in total. The average molecular weight is 394 g/mol. The van der Waals surface area contributed by atoms with Crippen LogP contribution in [0.25, 0.3) is 0 Å². The van der Waals surface area contributed by atoms with E-state index in [2.05, 4.69) is 4.98 Å². The Morgan fingerprint density at radius 1 is 1.36 bits per heavy atom. The normalized spacial score (nSPS) is 14.8. The fourth-order valence-electron chi connectivity index (χ4n) is 2.37. The number of hydrogen-bond acceptors (Lipinski definition) is 8. The van der Waals surface area contributed by atoms with Crippen LogP contribution < -0.4 is 4.74 Å². The lowest BCUT2D eigenvalue weighted by molar-refractivity contribution is -0.404. The number of allylic oxidation sites excluding steroid dienone is 1. The van der Waals surface area contributed by atoms with Crippen molar-refractivity contribution in [3.05, 3.63) is 45.9 Å². The molecule has 1 aliphatic heterocycles. The van der Waals surface area contributed by atoms with Crippen molar-refractivity contribution >= 4 is 17.7 Å². The van der Waals surface area contributed by atoms with Gasteiger partial charge in [0.1, 0.15) is 5.70 Å². The number of carboxylic acid groups (broad SMARTS) is 2. The number of likely N-dealkylation sites (tertiary alicyclic amines) is 1. The Balaban J connectivity index is 0.000000416. The van der Waals surface area contributed by atoms with E-state index in [1.54, 1.807) is 19.4 Å². The quantitative estimate of drug-likeness (QED) is 0.461. The molecule has 11 heteroatoms. The number of hydrogen-bond donors (Lipinski definition) is 3. The number of ether oxygens (including phenoxy) is 1. The van der Waals surface area contributed by atoms with Gasteiger partial charge in [0, 0.05) is 25.4 Å². The predicted octanol–water partition coefficient (Wildman–Crippen LogP) is 1.76. The number of nitrogens with one attached hydrogen (secondary N) is 1. The number of pyridine rings is 1. The van der Waals surface area contributed by atoms with Crippen molar-refractivity contribution in [2.75, 3.05) is 13.7 Å². The molecule has 1 fully saturated rings. The third-order valence-electron chi connectivity index (χ3n) is 3.67. The first-order valence-electron chi connectivity index (χ1n) is 8.33. The van der Waals surface area contributed by atoms with Crippen LogP contribution >= 0.6 is 0 Å².